The van der Waals surface area contributed by atoms with E-state index in [2.05, 4.69) is 29.8 Å². The van der Waals surface area contributed by atoms with Crippen molar-refractivity contribution < 1.29 is 28.4 Å². The maximum atomic E-state index is 12.3. The Bertz CT molecular complexity index is 975. The summed E-state index contributed by atoms with van der Waals surface area (Å²) in [6.07, 6.45) is 8.38. The molecule has 1 fully saturated rings. The zero-order chi connectivity index (χ0) is 23.5. The summed E-state index contributed by atoms with van der Waals surface area (Å²) < 4.78 is 1.78. The number of Topliss-reactive ketones (excluding diaryl/α,β-unsaturated/α-hetero) is 1. The van der Waals surface area contributed by atoms with Crippen LogP contribution in [0.3, 0.4) is 0 Å². The number of hydrogen-bond acceptors (Lipinski definition) is 5. The normalized spacial score (nSPS) is 14.4. The van der Waals surface area contributed by atoms with Gasteiger partial charge in [-0.2, -0.15) is 11.3 Å². The van der Waals surface area contributed by atoms with Gasteiger partial charge in [-0.05, 0) is 43.1 Å². The predicted molar refractivity (Wildman–Crippen MR) is 126 cm³/mol. The van der Waals surface area contributed by atoms with Crippen LogP contribution in [0, 0.1) is 31.1 Å². The standard InChI is InChI=1S/C17H19ClN2O.C8H9N2O.Li/c1-12(2)20-13(3)19-11-16(20)17(21)10-6-8-14-7-4-5-9-15(14)18;9-5-8-6-10(7-8)3-1-2-4-11;/h4-5,7,9,11-12H,1,3,6,8,10H2,2H3;1-2,8H,3,6-7H2;/q-2;-1;+1/b;2-1+;/t12-;;/m0../s1. The Labute approximate surface area is 213 Å². The average molecular weight is 459 g/mol. The Morgan fingerprint density at radius 3 is 2.73 bits per heavy atom. The molecule has 1 aliphatic rings. The fourth-order valence-corrected chi connectivity index (χ4v) is 3.65. The molecule has 0 saturated carbocycles. The van der Waals surface area contributed by atoms with Crippen LogP contribution < -0.4 is 18.9 Å². The molecule has 1 aromatic heterocycles. The van der Waals surface area contributed by atoms with Gasteiger partial charge in [0.2, 0.25) is 0 Å². The van der Waals surface area contributed by atoms with E-state index in [1.807, 2.05) is 31.2 Å². The summed E-state index contributed by atoms with van der Waals surface area (Å²) in [5, 5.41) is 9.17. The number of carbonyl (C=O) groups excluding carboxylic acids is 2. The Balaban J connectivity index is 0.000000385. The second kappa shape index (κ2) is 14.8. The first-order chi connectivity index (χ1) is 15.4. The molecule has 1 aliphatic heterocycles. The van der Waals surface area contributed by atoms with Crippen molar-refractivity contribution >= 4 is 23.7 Å². The molecule has 0 N–H and O–H groups in total. The van der Waals surface area contributed by atoms with Gasteiger partial charge in [0.25, 0.3) is 0 Å². The number of nitriles is 1. The van der Waals surface area contributed by atoms with E-state index < -0.39 is 0 Å². The van der Waals surface area contributed by atoms with Crippen LogP contribution in [0.25, 0.3) is 0 Å². The van der Waals surface area contributed by atoms with E-state index in [4.69, 9.17) is 16.9 Å². The average Bonchev–Trinajstić information content (AvgIpc) is 3.13. The largest absolute Gasteiger partial charge is 1.00 e. The van der Waals surface area contributed by atoms with E-state index in [1.165, 1.54) is 6.08 Å². The van der Waals surface area contributed by atoms with E-state index in [-0.39, 0.29) is 36.6 Å². The van der Waals surface area contributed by atoms with Crippen molar-refractivity contribution in [2.45, 2.75) is 32.2 Å². The molecule has 1 aromatic carbocycles. The second-order valence-electron chi connectivity index (χ2n) is 7.71. The molecule has 8 heteroatoms. The minimum atomic E-state index is -0.0671. The number of rotatable bonds is 9. The van der Waals surface area contributed by atoms with Crippen LogP contribution in [-0.4, -0.2) is 46.2 Å². The number of benzene rings is 1. The van der Waals surface area contributed by atoms with Crippen LogP contribution in [0.5, 0.6) is 0 Å². The molecule has 170 valence electrons. The third kappa shape index (κ3) is 8.88. The minimum Gasteiger partial charge on any atom is -0.419 e. The van der Waals surface area contributed by atoms with Gasteiger partial charge in [-0.25, -0.2) is 6.08 Å². The summed E-state index contributed by atoms with van der Waals surface area (Å²) >= 11 is 6.11. The van der Waals surface area contributed by atoms with Crippen molar-refractivity contribution in [2.24, 2.45) is 5.92 Å². The predicted octanol–water partition coefficient (Wildman–Crippen LogP) is 1.43. The van der Waals surface area contributed by atoms with Crippen LogP contribution in [0.4, 0.5) is 0 Å². The quantitative estimate of drug-likeness (QED) is 0.246. The van der Waals surface area contributed by atoms with Gasteiger partial charge in [-0.3, -0.25) is 9.78 Å². The summed E-state index contributed by atoms with van der Waals surface area (Å²) in [5.74, 6) is 0.843. The topological polar surface area (TPSA) is 79.0 Å². The molecule has 2 heterocycles. The van der Waals surface area contributed by atoms with Crippen LogP contribution in [0.15, 0.2) is 42.6 Å². The third-order valence-electron chi connectivity index (χ3n) is 5.10. The SMILES string of the molecule is N#CC1CN(C/C=C/[C-]=O)C1.[CH2-]c1ncc(C(=O)CCCc2ccccc2Cl)n1[C@@H]([CH2-])C.[Li+]. The number of carbonyl (C=O) groups is 1. The maximum absolute atomic E-state index is 12.3. The van der Waals surface area contributed by atoms with E-state index in [0.29, 0.717) is 17.9 Å². The van der Waals surface area contributed by atoms with Crippen molar-refractivity contribution in [3.63, 3.8) is 0 Å². The van der Waals surface area contributed by atoms with Gasteiger partial charge in [-0.1, -0.05) is 42.8 Å². The van der Waals surface area contributed by atoms with Crippen LogP contribution in [0.2, 0.25) is 5.02 Å². The molecule has 0 bridgehead atoms. The van der Waals surface area contributed by atoms with Gasteiger partial charge in [0, 0.05) is 24.5 Å². The van der Waals surface area contributed by atoms with E-state index in [1.54, 1.807) is 23.1 Å². The zero-order valence-electron chi connectivity index (χ0n) is 19.3. The number of allylic oxidation sites excluding steroid dienone is 1. The Morgan fingerprint density at radius 2 is 2.12 bits per heavy atom. The third-order valence-corrected chi connectivity index (χ3v) is 5.47. The van der Waals surface area contributed by atoms with Crippen LogP contribution >= 0.6 is 11.6 Å². The molecule has 6 nitrogen and oxygen atoms in total. The van der Waals surface area contributed by atoms with Gasteiger partial charge < -0.3 is 28.1 Å². The Morgan fingerprint density at radius 1 is 1.42 bits per heavy atom. The second-order valence-corrected chi connectivity index (χ2v) is 8.12. The first-order valence-electron chi connectivity index (χ1n) is 10.5. The van der Waals surface area contributed by atoms with Crippen molar-refractivity contribution in [1.29, 1.82) is 5.26 Å². The molecule has 3 rings (SSSR count). The number of likely N-dealkylation sites (tertiary alicyclic amines) is 1. The molecular weight excluding hydrogens is 431 g/mol. The summed E-state index contributed by atoms with van der Waals surface area (Å²) in [7, 11) is 0. The van der Waals surface area contributed by atoms with Crippen molar-refractivity contribution in [3.05, 3.63) is 78.6 Å². The molecule has 0 aliphatic carbocycles. The van der Waals surface area contributed by atoms with Gasteiger partial charge in [0.1, 0.15) is 0 Å². The number of halogens is 1. The van der Waals surface area contributed by atoms with Gasteiger partial charge in [0.15, 0.2) is 5.78 Å². The zero-order valence-corrected chi connectivity index (χ0v) is 20.1. The van der Waals surface area contributed by atoms with Crippen molar-refractivity contribution in [1.82, 2.24) is 14.5 Å². The van der Waals surface area contributed by atoms with Gasteiger partial charge in [0.05, 0.1) is 23.9 Å². The van der Waals surface area contributed by atoms with E-state index >= 15 is 0 Å². The number of aromatic nitrogens is 2. The summed E-state index contributed by atoms with van der Waals surface area (Å²) in [4.78, 5) is 28.2. The summed E-state index contributed by atoms with van der Waals surface area (Å²) in [5.41, 5.74) is 1.66. The molecule has 1 saturated heterocycles. The first-order valence-corrected chi connectivity index (χ1v) is 10.9. The van der Waals surface area contributed by atoms with Gasteiger partial charge in [-0.15, -0.1) is 0 Å². The molecule has 0 spiro atoms. The van der Waals surface area contributed by atoms with Gasteiger partial charge >= 0.3 is 18.9 Å². The number of hydrogen-bond donors (Lipinski definition) is 0. The monoisotopic (exact) mass is 458 g/mol. The minimum absolute atomic E-state index is 0. The molecule has 0 radical (unpaired) electrons. The smallest absolute Gasteiger partial charge is 0.419 e. The molecule has 2 aromatic rings. The molecule has 0 amide bonds. The fourth-order valence-electron chi connectivity index (χ4n) is 3.42. The number of nitrogens with zero attached hydrogens (tertiary/aromatic N) is 4. The molecule has 0 unspecified atom stereocenters. The van der Waals surface area contributed by atoms with Crippen LogP contribution in [0.1, 0.15) is 47.7 Å². The number of aryl methyl sites for hydroxylation is 1. The summed E-state index contributed by atoms with van der Waals surface area (Å²) in [6, 6.07) is 9.83. The van der Waals surface area contributed by atoms with E-state index in [0.717, 1.165) is 43.1 Å². The Hall–Kier alpha value is -2.28. The maximum Gasteiger partial charge on any atom is 1.00 e. The molecule has 1 atom stereocenters. The number of ketones is 1. The first kappa shape index (κ1) is 28.7. The molecule has 33 heavy (non-hydrogen) atoms. The van der Waals surface area contributed by atoms with Crippen molar-refractivity contribution in [3.8, 4) is 6.07 Å². The number of imidazole rings is 1. The Kier molecular flexibility index (Phi) is 12.9. The van der Waals surface area contributed by atoms with Crippen LogP contribution in [-0.2, 0) is 11.2 Å². The summed E-state index contributed by atoms with van der Waals surface area (Å²) in [6.45, 7) is 12.1. The molecular formula is C25H28ClLiN4O2-2. The van der Waals surface area contributed by atoms with Crippen molar-refractivity contribution in [2.75, 3.05) is 19.6 Å². The van der Waals surface area contributed by atoms with E-state index in [9.17, 15) is 9.59 Å². The fraction of sp³-hybridized carbons (Fsp3) is 0.360.